The minimum Gasteiger partial charge on any atom is -0.497 e. The van der Waals surface area contributed by atoms with Gasteiger partial charge in [-0.15, -0.1) is 4.80 Å². The highest BCUT2D eigenvalue weighted by Crippen LogP contribution is 2.37. The highest BCUT2D eigenvalue weighted by molar-refractivity contribution is 5.80. The van der Waals surface area contributed by atoms with E-state index in [2.05, 4.69) is 20.1 Å². The maximum absolute atomic E-state index is 15.2. The summed E-state index contributed by atoms with van der Waals surface area (Å²) in [5.41, 5.74) is 7.12. The Hall–Kier alpha value is -3.71. The lowest BCUT2D eigenvalue weighted by Gasteiger charge is -2.21. The number of pyridine rings is 1. The van der Waals surface area contributed by atoms with Crippen LogP contribution in [0.2, 0.25) is 0 Å². The van der Waals surface area contributed by atoms with Gasteiger partial charge in [0.25, 0.3) is 0 Å². The van der Waals surface area contributed by atoms with Crippen LogP contribution in [0.25, 0.3) is 16.9 Å². The number of rotatable bonds is 5. The molecule has 1 saturated heterocycles. The Labute approximate surface area is 172 Å². The molecule has 1 aromatic carbocycles. The lowest BCUT2D eigenvalue weighted by molar-refractivity contribution is 0.121. The van der Waals surface area contributed by atoms with Gasteiger partial charge in [0.2, 0.25) is 0 Å². The van der Waals surface area contributed by atoms with Crippen molar-refractivity contribution in [2.24, 2.45) is 0 Å². The van der Waals surface area contributed by atoms with Crippen molar-refractivity contribution < 1.29 is 13.9 Å². The molecule has 3 aromatic rings. The van der Waals surface area contributed by atoms with Crippen molar-refractivity contribution in [3.05, 3.63) is 42.0 Å². The number of nitriles is 1. The van der Waals surface area contributed by atoms with Crippen LogP contribution in [0.1, 0.15) is 12.0 Å². The molecule has 1 fully saturated rings. The van der Waals surface area contributed by atoms with Crippen molar-refractivity contribution in [1.29, 1.82) is 5.26 Å². The summed E-state index contributed by atoms with van der Waals surface area (Å²) in [5.74, 6) is -0.540. The number of benzene rings is 1. The molecule has 30 heavy (non-hydrogen) atoms. The van der Waals surface area contributed by atoms with Crippen LogP contribution in [0.3, 0.4) is 0 Å². The number of ether oxygens (including phenoxy) is 2. The monoisotopic (exact) mass is 409 g/mol. The summed E-state index contributed by atoms with van der Waals surface area (Å²) in [5, 5.41) is 17.8. The first-order valence-corrected chi connectivity index (χ1v) is 9.28. The number of anilines is 2. The average molecular weight is 409 g/mol. The number of methoxy groups -OCH3 is 2. The van der Waals surface area contributed by atoms with Crippen molar-refractivity contribution >= 4 is 11.5 Å². The van der Waals surface area contributed by atoms with Crippen LogP contribution in [0, 0.1) is 17.1 Å². The van der Waals surface area contributed by atoms with E-state index in [1.807, 2.05) is 12.1 Å². The molecule has 1 atom stereocenters. The largest absolute Gasteiger partial charge is 0.497 e. The molecule has 1 aliphatic heterocycles. The van der Waals surface area contributed by atoms with Gasteiger partial charge < -0.3 is 20.1 Å². The number of aromatic nitrogens is 4. The quantitative estimate of drug-likeness (QED) is 0.682. The number of nitrogens with zero attached hydrogens (tertiary/aromatic N) is 6. The zero-order valence-corrected chi connectivity index (χ0v) is 16.5. The van der Waals surface area contributed by atoms with Gasteiger partial charge in [-0.2, -0.15) is 15.5 Å². The normalized spacial score (nSPS) is 15.9. The number of nitrogens with two attached hydrogens (primary N) is 1. The molecule has 0 amide bonds. The van der Waals surface area contributed by atoms with Crippen molar-refractivity contribution in [2.75, 3.05) is 37.9 Å². The SMILES string of the molecule is COc1cc(-c2c(F)c(N)nc(-n3nccn3)c2C#N)cc(N2CC[C@@H](OC)C2)c1. The molecule has 0 saturated carbocycles. The van der Waals surface area contributed by atoms with Gasteiger partial charge in [-0.05, 0) is 24.1 Å². The molecule has 3 heterocycles. The number of hydrogen-bond donors (Lipinski definition) is 1. The highest BCUT2D eigenvalue weighted by Gasteiger charge is 2.26. The number of halogens is 1. The fourth-order valence-electron chi connectivity index (χ4n) is 3.60. The fourth-order valence-corrected chi connectivity index (χ4v) is 3.60. The third-order valence-electron chi connectivity index (χ3n) is 5.12. The Morgan fingerprint density at radius 3 is 2.63 bits per heavy atom. The van der Waals surface area contributed by atoms with Crippen molar-refractivity contribution in [1.82, 2.24) is 20.0 Å². The van der Waals surface area contributed by atoms with Crippen LogP contribution in [0.4, 0.5) is 15.9 Å². The zero-order chi connectivity index (χ0) is 21.3. The second-order valence-corrected chi connectivity index (χ2v) is 6.83. The molecule has 10 heteroatoms. The maximum Gasteiger partial charge on any atom is 0.195 e. The van der Waals surface area contributed by atoms with E-state index < -0.39 is 5.82 Å². The van der Waals surface area contributed by atoms with E-state index in [-0.39, 0.29) is 28.9 Å². The smallest absolute Gasteiger partial charge is 0.195 e. The van der Waals surface area contributed by atoms with Gasteiger partial charge in [-0.25, -0.2) is 9.37 Å². The molecule has 9 nitrogen and oxygen atoms in total. The second kappa shape index (κ2) is 7.96. The standard InChI is InChI=1S/C20H20FN7O2/c1-29-14-3-6-27(11-14)13-7-12(8-15(9-13)30-2)17-16(10-22)20(26-19(23)18(17)21)28-24-4-5-25-28/h4-5,7-9,14H,3,6,11H2,1-2H3,(H2,23,26)/t14-/m1/s1. The molecule has 154 valence electrons. The van der Waals surface area contributed by atoms with Gasteiger partial charge in [0.15, 0.2) is 17.5 Å². The first-order valence-electron chi connectivity index (χ1n) is 9.28. The van der Waals surface area contributed by atoms with Crippen LogP contribution < -0.4 is 15.4 Å². The number of hydrogen-bond acceptors (Lipinski definition) is 8. The van der Waals surface area contributed by atoms with Crippen LogP contribution >= 0.6 is 0 Å². The lowest BCUT2D eigenvalue weighted by Crippen LogP contribution is -2.22. The molecular formula is C20H20FN7O2. The molecule has 4 rings (SSSR count). The third-order valence-corrected chi connectivity index (χ3v) is 5.12. The van der Waals surface area contributed by atoms with Gasteiger partial charge in [-0.3, -0.25) is 0 Å². The summed E-state index contributed by atoms with van der Waals surface area (Å²) < 4.78 is 26.0. The van der Waals surface area contributed by atoms with E-state index in [1.54, 1.807) is 19.2 Å². The molecular weight excluding hydrogens is 389 g/mol. The minimum absolute atomic E-state index is 0.0201. The third kappa shape index (κ3) is 3.40. The number of nitrogen functional groups attached to an aromatic ring is 1. The van der Waals surface area contributed by atoms with Crippen LogP contribution in [0.5, 0.6) is 5.75 Å². The molecule has 1 aliphatic rings. The Morgan fingerprint density at radius 2 is 2.00 bits per heavy atom. The van der Waals surface area contributed by atoms with E-state index in [0.29, 0.717) is 17.9 Å². The van der Waals surface area contributed by atoms with E-state index in [0.717, 1.165) is 23.4 Å². The van der Waals surface area contributed by atoms with Crippen molar-refractivity contribution in [3.8, 4) is 28.8 Å². The molecule has 0 bridgehead atoms. The van der Waals surface area contributed by atoms with Gasteiger partial charge in [0.05, 0.1) is 25.6 Å². The topological polar surface area (TPSA) is 115 Å². The molecule has 0 unspecified atom stereocenters. The highest BCUT2D eigenvalue weighted by atomic mass is 19.1. The zero-order valence-electron chi connectivity index (χ0n) is 16.5. The van der Waals surface area contributed by atoms with Gasteiger partial charge in [0.1, 0.15) is 17.4 Å². The molecule has 0 radical (unpaired) electrons. The molecule has 0 spiro atoms. The molecule has 2 N–H and O–H groups in total. The second-order valence-electron chi connectivity index (χ2n) is 6.83. The van der Waals surface area contributed by atoms with Crippen molar-refractivity contribution in [2.45, 2.75) is 12.5 Å². The first-order chi connectivity index (χ1) is 14.5. The van der Waals surface area contributed by atoms with E-state index >= 15 is 4.39 Å². The first kappa shape index (κ1) is 19.6. The summed E-state index contributed by atoms with van der Waals surface area (Å²) in [6.07, 6.45) is 3.88. The summed E-state index contributed by atoms with van der Waals surface area (Å²) in [4.78, 5) is 7.27. The Bertz CT molecular complexity index is 1110. The lowest BCUT2D eigenvalue weighted by atomic mass is 9.99. The Balaban J connectivity index is 1.90. The average Bonchev–Trinajstić information content (AvgIpc) is 3.47. The van der Waals surface area contributed by atoms with Crippen LogP contribution in [-0.4, -0.2) is 53.4 Å². The van der Waals surface area contributed by atoms with Gasteiger partial charge in [-0.1, -0.05) is 0 Å². The summed E-state index contributed by atoms with van der Waals surface area (Å²) >= 11 is 0. The van der Waals surface area contributed by atoms with Gasteiger partial charge >= 0.3 is 0 Å². The molecule has 0 aliphatic carbocycles. The predicted octanol–water partition coefficient (Wildman–Crippen LogP) is 2.16. The van der Waals surface area contributed by atoms with Gasteiger partial charge in [0, 0.05) is 37.5 Å². The summed E-state index contributed by atoms with van der Waals surface area (Å²) in [6, 6.07) is 7.36. The van der Waals surface area contributed by atoms with E-state index in [1.165, 1.54) is 19.5 Å². The predicted molar refractivity (Wildman–Crippen MR) is 108 cm³/mol. The van der Waals surface area contributed by atoms with Crippen LogP contribution in [0.15, 0.2) is 30.6 Å². The van der Waals surface area contributed by atoms with Crippen molar-refractivity contribution in [3.63, 3.8) is 0 Å². The summed E-state index contributed by atoms with van der Waals surface area (Å²) in [7, 11) is 3.22. The fraction of sp³-hybridized carbons (Fsp3) is 0.300. The summed E-state index contributed by atoms with van der Waals surface area (Å²) in [6.45, 7) is 1.50. The molecule has 2 aromatic heterocycles. The Kier molecular flexibility index (Phi) is 5.20. The van der Waals surface area contributed by atoms with E-state index in [4.69, 9.17) is 15.2 Å². The van der Waals surface area contributed by atoms with Crippen LogP contribution in [-0.2, 0) is 4.74 Å². The maximum atomic E-state index is 15.2. The minimum atomic E-state index is -0.780. The Morgan fingerprint density at radius 1 is 1.23 bits per heavy atom. The van der Waals surface area contributed by atoms with E-state index in [9.17, 15) is 5.26 Å².